The molecule has 0 aliphatic carbocycles. The van der Waals surface area contributed by atoms with Crippen molar-refractivity contribution in [3.05, 3.63) is 18.7 Å². The maximum Gasteiger partial charge on any atom is 0.243 e. The molecule has 4 heteroatoms. The van der Waals surface area contributed by atoms with Gasteiger partial charge in [0, 0.05) is 12.8 Å². The molecule has 1 aromatic heterocycles. The summed E-state index contributed by atoms with van der Waals surface area (Å²) in [5, 5.41) is 0. The van der Waals surface area contributed by atoms with E-state index in [0.717, 1.165) is 19.8 Å². The Labute approximate surface area is 104 Å². The van der Waals surface area contributed by atoms with Crippen molar-refractivity contribution in [2.45, 2.75) is 19.4 Å². The largest absolute Gasteiger partial charge is 0.372 e. The minimum Gasteiger partial charge on any atom is -0.372 e. The maximum absolute atomic E-state index is 5.73. The zero-order valence-electron chi connectivity index (χ0n) is 11.1. The fraction of sp³-hybridized carbons (Fsp3) is 0.769. The summed E-state index contributed by atoms with van der Waals surface area (Å²) in [6, 6.07) is 0. The van der Waals surface area contributed by atoms with Gasteiger partial charge < -0.3 is 9.22 Å². The maximum atomic E-state index is 5.73. The Morgan fingerprint density at radius 3 is 2.71 bits per heavy atom. The topological polar surface area (TPSA) is 18.0 Å². The zero-order chi connectivity index (χ0) is 12.1. The molecule has 1 saturated heterocycles. The Hall–Kier alpha value is -0.870. The number of nitrogens with zero attached hydrogens (tertiary/aromatic N) is 3. The molecule has 1 aromatic rings. The van der Waals surface area contributed by atoms with E-state index in [1.165, 1.54) is 37.0 Å². The molecule has 0 radical (unpaired) electrons. The van der Waals surface area contributed by atoms with Crippen LogP contribution in [0.5, 0.6) is 0 Å². The van der Waals surface area contributed by atoms with Crippen LogP contribution in [0, 0.1) is 0 Å². The Bertz CT molecular complexity index is 342. The van der Waals surface area contributed by atoms with Gasteiger partial charge in [-0.05, 0) is 0 Å². The third-order valence-corrected chi connectivity index (χ3v) is 3.74. The quantitative estimate of drug-likeness (QED) is 0.403. The van der Waals surface area contributed by atoms with Crippen LogP contribution in [-0.4, -0.2) is 48.9 Å². The number of likely N-dealkylation sites (N-methyl/N-ethyl adjacent to an activating group) is 1. The fourth-order valence-corrected chi connectivity index (χ4v) is 2.51. The summed E-state index contributed by atoms with van der Waals surface area (Å²) in [4.78, 5) is 0. The van der Waals surface area contributed by atoms with E-state index in [0.29, 0.717) is 0 Å². The number of aromatic nitrogens is 2. The van der Waals surface area contributed by atoms with Crippen LogP contribution in [0.4, 0.5) is 0 Å². The predicted octanol–water partition coefficient (Wildman–Crippen LogP) is 0.570. The van der Waals surface area contributed by atoms with Crippen molar-refractivity contribution in [1.82, 2.24) is 4.57 Å². The number of ether oxygens (including phenoxy) is 1. The molecular formula is C13H25N3O+2. The van der Waals surface area contributed by atoms with E-state index in [9.17, 15) is 0 Å². The lowest BCUT2D eigenvalue weighted by molar-refractivity contribution is -0.898. The Morgan fingerprint density at radius 1 is 1.29 bits per heavy atom. The third kappa shape index (κ3) is 3.82. The second-order valence-electron chi connectivity index (χ2n) is 5.43. The van der Waals surface area contributed by atoms with Gasteiger partial charge in [0.15, 0.2) is 0 Å². The van der Waals surface area contributed by atoms with Crippen molar-refractivity contribution in [3.63, 3.8) is 0 Å². The molecule has 2 heterocycles. The summed E-state index contributed by atoms with van der Waals surface area (Å²) in [7, 11) is 4.39. The number of quaternary nitrogens is 1. The molecule has 0 saturated carbocycles. The number of hydrogen-bond donors (Lipinski definition) is 0. The minimum atomic E-state index is 0.814. The fourth-order valence-electron chi connectivity index (χ4n) is 2.51. The van der Waals surface area contributed by atoms with Crippen LogP contribution in [0.25, 0.3) is 0 Å². The van der Waals surface area contributed by atoms with E-state index >= 15 is 0 Å². The van der Waals surface area contributed by atoms with Crippen LogP contribution in [-0.2, 0) is 18.3 Å². The molecule has 0 atom stereocenters. The number of rotatable bonds is 6. The van der Waals surface area contributed by atoms with Crippen LogP contribution in [0.15, 0.2) is 18.7 Å². The summed E-state index contributed by atoms with van der Waals surface area (Å²) in [6.45, 7) is 6.48. The van der Waals surface area contributed by atoms with E-state index in [4.69, 9.17) is 4.74 Å². The van der Waals surface area contributed by atoms with E-state index in [1.807, 2.05) is 7.05 Å². The molecule has 96 valence electrons. The number of aryl methyl sites for hydroxylation is 1. The van der Waals surface area contributed by atoms with Gasteiger partial charge in [-0.15, -0.1) is 0 Å². The van der Waals surface area contributed by atoms with Gasteiger partial charge in [0.1, 0.15) is 25.5 Å². The molecular weight excluding hydrogens is 214 g/mol. The summed E-state index contributed by atoms with van der Waals surface area (Å²) < 4.78 is 11.1. The average Bonchev–Trinajstić information content (AvgIpc) is 2.88. The summed E-state index contributed by atoms with van der Waals surface area (Å²) in [5.74, 6) is 0. The molecule has 0 N–H and O–H groups in total. The van der Waals surface area contributed by atoms with E-state index in [2.05, 4.69) is 34.9 Å². The molecule has 0 bridgehead atoms. The monoisotopic (exact) mass is 239 g/mol. The van der Waals surface area contributed by atoms with Gasteiger partial charge in [-0.25, -0.2) is 9.13 Å². The lowest BCUT2D eigenvalue weighted by atomic mass is 10.4. The van der Waals surface area contributed by atoms with Gasteiger partial charge in [-0.3, -0.25) is 0 Å². The Balaban J connectivity index is 1.57. The number of hydrogen-bond acceptors (Lipinski definition) is 1. The molecule has 2 rings (SSSR count). The van der Waals surface area contributed by atoms with Crippen molar-refractivity contribution in [2.75, 3.05) is 39.9 Å². The highest BCUT2D eigenvalue weighted by Crippen LogP contribution is 2.15. The highest BCUT2D eigenvalue weighted by atomic mass is 16.5. The standard InChI is InChI=1S/C13H25N3O/c1-14-5-6-15(13-14)7-11-17-12-10-16(2)8-3-4-9-16/h5-6,13H,3-4,7-12H2,1-2H3/q+2. The van der Waals surface area contributed by atoms with Gasteiger partial charge >= 0.3 is 0 Å². The van der Waals surface area contributed by atoms with Crippen molar-refractivity contribution < 1.29 is 13.8 Å². The molecule has 4 nitrogen and oxygen atoms in total. The molecule has 0 unspecified atom stereocenters. The number of imidazole rings is 1. The second kappa shape index (κ2) is 5.65. The molecule has 1 aliphatic heterocycles. The first-order valence-electron chi connectivity index (χ1n) is 6.60. The van der Waals surface area contributed by atoms with Crippen molar-refractivity contribution >= 4 is 0 Å². The van der Waals surface area contributed by atoms with Gasteiger partial charge in [-0.1, -0.05) is 0 Å². The first-order chi connectivity index (χ1) is 8.18. The van der Waals surface area contributed by atoms with Crippen molar-refractivity contribution in [2.24, 2.45) is 7.05 Å². The summed E-state index contributed by atoms with van der Waals surface area (Å²) in [6.07, 6.45) is 8.98. The molecule has 1 aliphatic rings. The van der Waals surface area contributed by atoms with Gasteiger partial charge in [0.25, 0.3) is 0 Å². The normalized spacial score (nSPS) is 18.7. The molecule has 0 aromatic carbocycles. The van der Waals surface area contributed by atoms with E-state index < -0.39 is 0 Å². The Morgan fingerprint density at radius 2 is 2.06 bits per heavy atom. The Kier molecular flexibility index (Phi) is 4.18. The zero-order valence-corrected chi connectivity index (χ0v) is 11.1. The molecule has 0 spiro atoms. The van der Waals surface area contributed by atoms with Crippen LogP contribution in [0.2, 0.25) is 0 Å². The predicted molar refractivity (Wildman–Crippen MR) is 66.4 cm³/mol. The highest BCUT2D eigenvalue weighted by Gasteiger charge is 2.25. The molecule has 0 amide bonds. The highest BCUT2D eigenvalue weighted by molar-refractivity contribution is 4.61. The first-order valence-corrected chi connectivity index (χ1v) is 6.60. The lowest BCUT2D eigenvalue weighted by Crippen LogP contribution is -2.43. The third-order valence-electron chi connectivity index (χ3n) is 3.74. The second-order valence-corrected chi connectivity index (χ2v) is 5.43. The van der Waals surface area contributed by atoms with E-state index in [1.54, 1.807) is 0 Å². The minimum absolute atomic E-state index is 0.814. The van der Waals surface area contributed by atoms with Crippen molar-refractivity contribution in [3.8, 4) is 0 Å². The van der Waals surface area contributed by atoms with Crippen LogP contribution in [0.1, 0.15) is 12.8 Å². The summed E-state index contributed by atoms with van der Waals surface area (Å²) in [5.41, 5.74) is 0. The van der Waals surface area contributed by atoms with Crippen LogP contribution in [0.3, 0.4) is 0 Å². The van der Waals surface area contributed by atoms with Crippen molar-refractivity contribution in [1.29, 1.82) is 0 Å². The summed E-state index contributed by atoms with van der Waals surface area (Å²) >= 11 is 0. The van der Waals surface area contributed by atoms with Gasteiger partial charge in [0.05, 0.1) is 40.4 Å². The van der Waals surface area contributed by atoms with Gasteiger partial charge in [-0.2, -0.15) is 0 Å². The smallest absolute Gasteiger partial charge is 0.243 e. The van der Waals surface area contributed by atoms with E-state index in [-0.39, 0.29) is 0 Å². The number of likely N-dealkylation sites (tertiary alicyclic amines) is 1. The van der Waals surface area contributed by atoms with Gasteiger partial charge in [0.2, 0.25) is 6.33 Å². The molecule has 17 heavy (non-hydrogen) atoms. The van der Waals surface area contributed by atoms with Crippen LogP contribution >= 0.6 is 0 Å². The average molecular weight is 239 g/mol. The molecule has 1 fully saturated rings. The SMILES string of the molecule is Cn1cc[n+](CCOCC[N+]2(C)CCCC2)c1. The van der Waals surface area contributed by atoms with Crippen LogP contribution < -0.4 is 4.57 Å². The lowest BCUT2D eigenvalue weighted by Gasteiger charge is -2.28. The first kappa shape index (κ1) is 12.6.